The molecule has 1 aliphatic rings. The van der Waals surface area contributed by atoms with Crippen molar-refractivity contribution < 1.29 is 33.1 Å². The quantitative estimate of drug-likeness (QED) is 0.0880. The van der Waals surface area contributed by atoms with Crippen LogP contribution >= 0.6 is 0 Å². The molecule has 268 valence electrons. The zero-order valence-electron chi connectivity index (χ0n) is 29.0. The minimum Gasteiger partial charge on any atom is -0.411 e. The summed E-state index contributed by atoms with van der Waals surface area (Å²) in [5.74, 6) is -1.53. The van der Waals surface area contributed by atoms with Gasteiger partial charge < -0.3 is 20.5 Å². The van der Waals surface area contributed by atoms with E-state index in [-0.39, 0.29) is 43.4 Å². The van der Waals surface area contributed by atoms with Crippen molar-refractivity contribution in [3.8, 4) is 0 Å². The van der Waals surface area contributed by atoms with Gasteiger partial charge in [0.25, 0.3) is 5.91 Å². The number of imide groups is 1. The minimum absolute atomic E-state index is 0.00779. The van der Waals surface area contributed by atoms with E-state index in [1.54, 1.807) is 26.0 Å². The number of aliphatic hydroxyl groups is 1. The Kier molecular flexibility index (Phi) is 12.8. The van der Waals surface area contributed by atoms with Crippen molar-refractivity contribution in [2.75, 3.05) is 19.6 Å². The van der Waals surface area contributed by atoms with E-state index in [0.717, 1.165) is 16.2 Å². The van der Waals surface area contributed by atoms with Crippen molar-refractivity contribution in [2.24, 2.45) is 17.0 Å². The molecule has 1 unspecified atom stereocenters. The number of nitrogens with one attached hydrogen (secondary N) is 1. The van der Waals surface area contributed by atoms with Gasteiger partial charge in [-0.2, -0.15) is 4.31 Å². The number of aryl methyl sites for hydroxylation is 1. The summed E-state index contributed by atoms with van der Waals surface area (Å²) in [6.45, 7) is 8.50. The molecule has 2 heterocycles. The van der Waals surface area contributed by atoms with Crippen molar-refractivity contribution >= 4 is 34.1 Å². The Morgan fingerprint density at radius 3 is 2.28 bits per heavy atom. The van der Waals surface area contributed by atoms with E-state index in [1.807, 2.05) is 57.2 Å². The van der Waals surface area contributed by atoms with Crippen LogP contribution in [-0.2, 0) is 32.6 Å². The molecule has 0 spiro atoms. The molecule has 3 aromatic rings. The molecular formula is C36H46N6O7S. The maximum Gasteiger partial charge on any atom is 0.328 e. The molecule has 0 radical (unpaired) electrons. The third kappa shape index (κ3) is 9.52. The molecule has 1 aromatic heterocycles. The zero-order valence-corrected chi connectivity index (χ0v) is 29.8. The predicted octanol–water partition coefficient (Wildman–Crippen LogP) is 3.42. The zero-order chi connectivity index (χ0) is 36.6. The molecule has 4 amide bonds. The molecular weight excluding hydrogens is 660 g/mol. The van der Waals surface area contributed by atoms with Gasteiger partial charge in [-0.3, -0.25) is 19.5 Å². The molecule has 2 aromatic carbocycles. The maximum atomic E-state index is 14.1. The van der Waals surface area contributed by atoms with Crippen LogP contribution in [0.1, 0.15) is 50.2 Å². The van der Waals surface area contributed by atoms with Crippen molar-refractivity contribution in [1.82, 2.24) is 24.4 Å². The molecule has 1 saturated heterocycles. The number of rotatable bonds is 16. The monoisotopic (exact) mass is 706 g/mol. The Morgan fingerprint density at radius 2 is 1.68 bits per heavy atom. The first-order valence-electron chi connectivity index (χ1n) is 16.5. The average Bonchev–Trinajstić information content (AvgIpc) is 3.32. The Bertz CT molecular complexity index is 1770. The second kappa shape index (κ2) is 16.8. The number of carbonyl (C=O) groups is 3. The molecule has 4 rings (SSSR count). The summed E-state index contributed by atoms with van der Waals surface area (Å²) in [5.41, 5.74) is 2.58. The third-order valence-electron chi connectivity index (χ3n) is 8.36. The topological polar surface area (TPSA) is 173 Å². The number of hydrogen-bond acceptors (Lipinski definition) is 9. The lowest BCUT2D eigenvalue weighted by Gasteiger charge is -2.34. The van der Waals surface area contributed by atoms with Crippen molar-refractivity contribution in [3.05, 3.63) is 95.3 Å². The van der Waals surface area contributed by atoms with E-state index < -0.39 is 52.0 Å². The van der Waals surface area contributed by atoms with Crippen LogP contribution in [0.25, 0.3) is 0 Å². The van der Waals surface area contributed by atoms with E-state index in [4.69, 9.17) is 5.21 Å². The number of nitrogens with zero attached hydrogens (tertiary/aromatic N) is 5. The maximum absolute atomic E-state index is 14.1. The number of hydrogen-bond donors (Lipinski definition) is 3. The predicted molar refractivity (Wildman–Crippen MR) is 188 cm³/mol. The number of pyridine rings is 1. The van der Waals surface area contributed by atoms with E-state index in [2.05, 4.69) is 15.5 Å². The smallest absolute Gasteiger partial charge is 0.328 e. The van der Waals surface area contributed by atoms with Gasteiger partial charge >= 0.3 is 6.03 Å². The molecule has 0 saturated carbocycles. The lowest BCUT2D eigenvalue weighted by molar-refractivity contribution is -0.129. The summed E-state index contributed by atoms with van der Waals surface area (Å²) in [6, 6.07) is 17.7. The Hall–Kier alpha value is -4.66. The highest BCUT2D eigenvalue weighted by Crippen LogP contribution is 2.23. The van der Waals surface area contributed by atoms with Gasteiger partial charge in [-0.1, -0.05) is 81.4 Å². The third-order valence-corrected chi connectivity index (χ3v) is 10.2. The van der Waals surface area contributed by atoms with Gasteiger partial charge in [-0.25, -0.2) is 13.2 Å². The van der Waals surface area contributed by atoms with Crippen molar-refractivity contribution in [2.45, 2.75) is 70.7 Å². The van der Waals surface area contributed by atoms with Crippen LogP contribution < -0.4 is 5.32 Å². The second-order valence-electron chi connectivity index (χ2n) is 13.3. The largest absolute Gasteiger partial charge is 0.411 e. The summed E-state index contributed by atoms with van der Waals surface area (Å²) in [4.78, 5) is 47.5. The van der Waals surface area contributed by atoms with Crippen molar-refractivity contribution in [3.63, 3.8) is 0 Å². The van der Waals surface area contributed by atoms with Crippen LogP contribution in [0.3, 0.4) is 0 Å². The first kappa shape index (κ1) is 38.1. The molecule has 3 N–H and O–H groups in total. The van der Waals surface area contributed by atoms with Crippen LogP contribution in [-0.4, -0.2) is 99.7 Å². The number of oxime groups is 1. The van der Waals surface area contributed by atoms with Gasteiger partial charge in [0.15, 0.2) is 0 Å². The fraction of sp³-hybridized carbons (Fsp3) is 0.417. The van der Waals surface area contributed by atoms with E-state index >= 15 is 0 Å². The lowest BCUT2D eigenvalue weighted by atomic mass is 9.97. The Morgan fingerprint density at radius 1 is 1.00 bits per heavy atom. The number of aromatic nitrogens is 1. The number of benzene rings is 2. The van der Waals surface area contributed by atoms with E-state index in [0.29, 0.717) is 11.3 Å². The van der Waals surface area contributed by atoms with Crippen LogP contribution in [0.5, 0.6) is 0 Å². The van der Waals surface area contributed by atoms with Crippen LogP contribution in [0, 0.1) is 18.8 Å². The van der Waals surface area contributed by atoms with E-state index in [9.17, 15) is 27.9 Å². The first-order valence-corrected chi connectivity index (χ1v) is 18.0. The first-order chi connectivity index (χ1) is 23.7. The standard InChI is InChI=1S/C36H46N6O7S/c1-24(2)20-40(50(48,49)30-16-14-28(15-17-30)19-37-47)22-32(43)31(18-27-11-7-6-8-12-27)39-35(45)34(25(3)4)42-23-33(44)41(36(42)46)21-29-13-9-10-26(5)38-29/h6-17,19,24-25,31-32,34,43,47H,18,20-23H2,1-5H3,(H,39,45)/b37-19+/t31-,32?,34+/m0/s1. The van der Waals surface area contributed by atoms with Gasteiger partial charge in [0.1, 0.15) is 12.6 Å². The summed E-state index contributed by atoms with van der Waals surface area (Å²) >= 11 is 0. The summed E-state index contributed by atoms with van der Waals surface area (Å²) in [5, 5.41) is 26.4. The molecule has 13 nitrogen and oxygen atoms in total. The van der Waals surface area contributed by atoms with Crippen LogP contribution in [0.2, 0.25) is 0 Å². The van der Waals surface area contributed by atoms with Crippen molar-refractivity contribution in [1.29, 1.82) is 0 Å². The fourth-order valence-corrected chi connectivity index (χ4v) is 7.58. The van der Waals surface area contributed by atoms with E-state index in [1.165, 1.54) is 39.7 Å². The molecule has 1 aliphatic heterocycles. The number of sulfonamides is 1. The van der Waals surface area contributed by atoms with Gasteiger partial charge in [0, 0.05) is 18.8 Å². The average molecular weight is 707 g/mol. The number of amides is 4. The number of carbonyl (C=O) groups excluding carboxylic acids is 3. The summed E-state index contributed by atoms with van der Waals surface area (Å²) in [6.07, 6.45) is -0.0137. The molecule has 1 fully saturated rings. The number of aliphatic hydroxyl groups excluding tert-OH is 1. The highest BCUT2D eigenvalue weighted by atomic mass is 32.2. The molecule has 14 heteroatoms. The van der Waals surface area contributed by atoms with Gasteiger partial charge in [0.05, 0.1) is 35.5 Å². The van der Waals surface area contributed by atoms with Gasteiger partial charge in [-0.05, 0) is 60.6 Å². The fourth-order valence-electron chi connectivity index (χ4n) is 5.96. The van der Waals surface area contributed by atoms with Gasteiger partial charge in [-0.15, -0.1) is 0 Å². The Balaban J connectivity index is 1.59. The number of urea groups is 1. The normalized spacial score (nSPS) is 15.8. The molecule has 3 atom stereocenters. The van der Waals surface area contributed by atoms with Gasteiger partial charge in [0.2, 0.25) is 15.9 Å². The summed E-state index contributed by atoms with van der Waals surface area (Å²) < 4.78 is 28.9. The highest BCUT2D eigenvalue weighted by Gasteiger charge is 2.44. The van der Waals surface area contributed by atoms with Crippen LogP contribution in [0.4, 0.5) is 4.79 Å². The SMILES string of the molecule is Cc1cccc(CN2C(=O)CN([C@@H](C(=O)N[C@@H](Cc3ccccc3)C(O)CN(CC(C)C)S(=O)(=O)c3ccc(/C=N/O)cc3)C(C)C)C2=O)n1. The van der Waals surface area contributed by atoms with Crippen LogP contribution in [0.15, 0.2) is 82.8 Å². The summed E-state index contributed by atoms with van der Waals surface area (Å²) in [7, 11) is -4.10. The molecule has 0 aliphatic carbocycles. The Labute approximate surface area is 293 Å². The minimum atomic E-state index is -4.10. The molecule has 0 bridgehead atoms. The molecule has 50 heavy (non-hydrogen) atoms. The second-order valence-corrected chi connectivity index (χ2v) is 15.2. The highest BCUT2D eigenvalue weighted by molar-refractivity contribution is 7.89. The lowest BCUT2D eigenvalue weighted by Crippen LogP contribution is -2.57.